The average molecular weight is 434 g/mol. The van der Waals surface area contributed by atoms with E-state index in [0.29, 0.717) is 10.2 Å². The molecular weight excluding hydrogens is 420 g/mol. The first-order valence-electron chi connectivity index (χ1n) is 6.05. The quantitative estimate of drug-likeness (QED) is 0.712. The third kappa shape index (κ3) is 3.59. The van der Waals surface area contributed by atoms with E-state index in [1.807, 2.05) is 26.0 Å². The second kappa shape index (κ2) is 5.98. The number of halogens is 2. The molecule has 0 amide bonds. The number of nitrogens with one attached hydrogen (secondary N) is 1. The van der Waals surface area contributed by atoms with Crippen molar-refractivity contribution in [3.05, 3.63) is 50.4 Å². The van der Waals surface area contributed by atoms with Crippen molar-refractivity contribution in [2.24, 2.45) is 0 Å². The number of nitrogen functional groups attached to an aromatic ring is 1. The van der Waals surface area contributed by atoms with E-state index in [1.165, 1.54) is 6.07 Å². The molecule has 2 aromatic rings. The third-order valence-electron chi connectivity index (χ3n) is 2.93. The van der Waals surface area contributed by atoms with Crippen molar-refractivity contribution in [2.75, 3.05) is 10.5 Å². The Labute approximate surface area is 141 Å². The molecule has 0 atom stereocenters. The minimum absolute atomic E-state index is 0.0533. The monoisotopic (exact) mass is 432 g/mol. The Morgan fingerprint density at radius 3 is 2.33 bits per heavy atom. The van der Waals surface area contributed by atoms with Gasteiger partial charge in [-0.25, -0.2) is 8.42 Å². The Balaban J connectivity index is 2.47. The van der Waals surface area contributed by atoms with Gasteiger partial charge in [0.25, 0.3) is 10.0 Å². The number of sulfonamides is 1. The van der Waals surface area contributed by atoms with Crippen LogP contribution in [0.25, 0.3) is 0 Å². The molecule has 0 unspecified atom stereocenters. The molecule has 2 rings (SSSR count). The van der Waals surface area contributed by atoms with Crippen molar-refractivity contribution in [3.63, 3.8) is 0 Å². The second-order valence-electron chi connectivity index (χ2n) is 4.73. The predicted molar refractivity (Wildman–Crippen MR) is 93.0 cm³/mol. The van der Waals surface area contributed by atoms with Gasteiger partial charge in [-0.05, 0) is 65.2 Å². The summed E-state index contributed by atoms with van der Waals surface area (Å²) in [6, 6.07) is 8.44. The van der Waals surface area contributed by atoms with Gasteiger partial charge in [0.05, 0.1) is 11.4 Å². The first-order valence-corrected chi connectivity index (χ1v) is 9.12. The summed E-state index contributed by atoms with van der Waals surface area (Å²) in [5.74, 6) is 0. The van der Waals surface area contributed by atoms with Crippen LogP contribution < -0.4 is 10.5 Å². The Hall–Kier alpha value is -1.05. The number of rotatable bonds is 3. The highest BCUT2D eigenvalue weighted by atomic mass is 79.9. The van der Waals surface area contributed by atoms with Gasteiger partial charge in [0.2, 0.25) is 0 Å². The minimum atomic E-state index is -3.74. The zero-order valence-electron chi connectivity index (χ0n) is 11.4. The molecule has 21 heavy (non-hydrogen) atoms. The number of benzene rings is 2. The summed E-state index contributed by atoms with van der Waals surface area (Å²) in [5, 5.41) is 0. The number of hydrogen-bond acceptors (Lipinski definition) is 3. The van der Waals surface area contributed by atoms with E-state index < -0.39 is 10.0 Å². The van der Waals surface area contributed by atoms with Crippen molar-refractivity contribution < 1.29 is 8.42 Å². The summed E-state index contributed by atoms with van der Waals surface area (Å²) >= 11 is 6.65. The van der Waals surface area contributed by atoms with Crippen molar-refractivity contribution >= 4 is 53.3 Å². The van der Waals surface area contributed by atoms with E-state index in [9.17, 15) is 8.42 Å². The average Bonchev–Trinajstić information content (AvgIpc) is 2.33. The lowest BCUT2D eigenvalue weighted by molar-refractivity contribution is 0.601. The van der Waals surface area contributed by atoms with Crippen LogP contribution in [-0.2, 0) is 10.0 Å². The normalized spacial score (nSPS) is 11.4. The highest BCUT2D eigenvalue weighted by molar-refractivity contribution is 9.10. The topological polar surface area (TPSA) is 72.2 Å². The van der Waals surface area contributed by atoms with Crippen LogP contribution in [0.4, 0.5) is 11.4 Å². The summed E-state index contributed by atoms with van der Waals surface area (Å²) < 4.78 is 29.0. The molecule has 0 fully saturated rings. The van der Waals surface area contributed by atoms with Crippen LogP contribution >= 0.6 is 31.9 Å². The van der Waals surface area contributed by atoms with Gasteiger partial charge in [-0.2, -0.15) is 0 Å². The molecule has 0 aliphatic rings. The highest BCUT2D eigenvalue weighted by Crippen LogP contribution is 2.31. The second-order valence-corrected chi connectivity index (χ2v) is 8.15. The van der Waals surface area contributed by atoms with E-state index in [4.69, 9.17) is 5.73 Å². The zero-order chi connectivity index (χ0) is 15.8. The van der Waals surface area contributed by atoms with Crippen molar-refractivity contribution in [1.82, 2.24) is 0 Å². The molecule has 0 bridgehead atoms. The number of hydrogen-bond donors (Lipinski definition) is 2. The lowest BCUT2D eigenvalue weighted by Gasteiger charge is -2.14. The van der Waals surface area contributed by atoms with Crippen LogP contribution in [0.15, 0.2) is 44.2 Å². The molecule has 4 nitrogen and oxygen atoms in total. The molecule has 112 valence electrons. The fraction of sp³-hybridized carbons (Fsp3) is 0.143. The van der Waals surface area contributed by atoms with Gasteiger partial charge in [-0.3, -0.25) is 4.72 Å². The number of anilines is 2. The highest BCUT2D eigenvalue weighted by Gasteiger charge is 2.20. The molecule has 7 heteroatoms. The molecule has 0 aliphatic heterocycles. The molecule has 0 heterocycles. The van der Waals surface area contributed by atoms with Gasteiger partial charge < -0.3 is 5.73 Å². The standard InChI is InChI=1S/C14H14Br2N2O2S/c1-8-5-9(2)14(11(16)6-8)18-21(19,20)13-4-3-10(15)7-12(13)17/h3-7,18H,17H2,1-2H3. The van der Waals surface area contributed by atoms with Crippen LogP contribution in [-0.4, -0.2) is 8.42 Å². The van der Waals surface area contributed by atoms with Gasteiger partial charge in [-0.1, -0.05) is 22.0 Å². The van der Waals surface area contributed by atoms with Gasteiger partial charge in [0.15, 0.2) is 0 Å². The van der Waals surface area contributed by atoms with Crippen LogP contribution in [0.3, 0.4) is 0 Å². The molecule has 0 aromatic heterocycles. The number of nitrogens with two attached hydrogens (primary N) is 1. The van der Waals surface area contributed by atoms with Gasteiger partial charge in [0.1, 0.15) is 4.90 Å². The predicted octanol–water partition coefficient (Wildman–Crippen LogP) is 4.21. The lowest BCUT2D eigenvalue weighted by atomic mass is 10.1. The van der Waals surface area contributed by atoms with Crippen LogP contribution in [0.2, 0.25) is 0 Å². The SMILES string of the molecule is Cc1cc(C)c(NS(=O)(=O)c2ccc(Br)cc2N)c(Br)c1. The largest absolute Gasteiger partial charge is 0.398 e. The molecule has 0 saturated carbocycles. The maximum absolute atomic E-state index is 12.5. The first-order chi connectivity index (χ1) is 9.70. The summed E-state index contributed by atoms with van der Waals surface area (Å²) in [6.07, 6.45) is 0. The Morgan fingerprint density at radius 2 is 1.76 bits per heavy atom. The van der Waals surface area contributed by atoms with E-state index in [-0.39, 0.29) is 10.6 Å². The summed E-state index contributed by atoms with van der Waals surface area (Å²) in [5.41, 5.74) is 8.39. The minimum Gasteiger partial charge on any atom is -0.398 e. The molecule has 0 radical (unpaired) electrons. The van der Waals surface area contributed by atoms with E-state index in [0.717, 1.165) is 15.6 Å². The summed E-state index contributed by atoms with van der Waals surface area (Å²) in [4.78, 5) is 0.0533. The molecule has 3 N–H and O–H groups in total. The van der Waals surface area contributed by atoms with Crippen LogP contribution in [0.5, 0.6) is 0 Å². The maximum atomic E-state index is 12.5. The lowest BCUT2D eigenvalue weighted by Crippen LogP contribution is -2.16. The van der Waals surface area contributed by atoms with E-state index in [1.54, 1.807) is 12.1 Å². The molecular formula is C14H14Br2N2O2S. The van der Waals surface area contributed by atoms with Gasteiger partial charge in [0, 0.05) is 8.95 Å². The fourth-order valence-electron chi connectivity index (χ4n) is 2.00. The van der Waals surface area contributed by atoms with E-state index in [2.05, 4.69) is 36.6 Å². The smallest absolute Gasteiger partial charge is 0.263 e. The summed E-state index contributed by atoms with van der Waals surface area (Å²) in [7, 11) is -3.74. The van der Waals surface area contributed by atoms with Crippen LogP contribution in [0, 0.1) is 13.8 Å². The Morgan fingerprint density at radius 1 is 1.10 bits per heavy atom. The van der Waals surface area contributed by atoms with Crippen molar-refractivity contribution in [3.8, 4) is 0 Å². The molecule has 0 spiro atoms. The maximum Gasteiger partial charge on any atom is 0.263 e. The molecule has 0 aliphatic carbocycles. The zero-order valence-corrected chi connectivity index (χ0v) is 15.4. The molecule has 2 aromatic carbocycles. The Kier molecular flexibility index (Phi) is 4.65. The third-order valence-corrected chi connectivity index (χ3v) is 5.47. The van der Waals surface area contributed by atoms with Gasteiger partial charge >= 0.3 is 0 Å². The summed E-state index contributed by atoms with van der Waals surface area (Å²) in [6.45, 7) is 3.79. The van der Waals surface area contributed by atoms with Crippen molar-refractivity contribution in [2.45, 2.75) is 18.7 Å². The van der Waals surface area contributed by atoms with Crippen molar-refractivity contribution in [1.29, 1.82) is 0 Å². The van der Waals surface area contributed by atoms with E-state index >= 15 is 0 Å². The fourth-order valence-corrected chi connectivity index (χ4v) is 4.55. The Bertz CT molecular complexity index is 782. The first kappa shape index (κ1) is 16.3. The molecule has 0 saturated heterocycles. The number of aryl methyl sites for hydroxylation is 2. The van der Waals surface area contributed by atoms with Gasteiger partial charge in [-0.15, -0.1) is 0 Å². The van der Waals surface area contributed by atoms with Crippen LogP contribution in [0.1, 0.15) is 11.1 Å².